The van der Waals surface area contributed by atoms with Gasteiger partial charge in [-0.05, 0) is 18.4 Å². The minimum atomic E-state index is -0.579. The molecule has 4 nitrogen and oxygen atoms in total. The molecule has 2 rings (SSSR count). The smallest absolute Gasteiger partial charge is 0.310 e. The Morgan fingerprint density at radius 1 is 1.20 bits per heavy atom. The fraction of sp³-hybridized carbons (Fsp3) is 0.500. The number of Topliss-reactive ketones (excluding diaryl/α,β-unsaturated/α-hetero) is 1. The molecule has 1 saturated carbocycles. The third-order valence-electron chi connectivity index (χ3n) is 3.83. The van der Waals surface area contributed by atoms with E-state index >= 15 is 0 Å². The predicted molar refractivity (Wildman–Crippen MR) is 73.8 cm³/mol. The molecule has 20 heavy (non-hydrogen) atoms. The van der Waals surface area contributed by atoms with Crippen LogP contribution in [0.3, 0.4) is 0 Å². The Labute approximate surface area is 118 Å². The maximum atomic E-state index is 12.1. The Morgan fingerprint density at radius 2 is 1.85 bits per heavy atom. The number of aliphatic hydroxyl groups is 1. The van der Waals surface area contributed by atoms with Crippen LogP contribution < -0.4 is 0 Å². The van der Waals surface area contributed by atoms with E-state index in [1.54, 1.807) is 6.92 Å². The van der Waals surface area contributed by atoms with Gasteiger partial charge in [0.15, 0.2) is 0 Å². The summed E-state index contributed by atoms with van der Waals surface area (Å²) in [7, 11) is 0. The van der Waals surface area contributed by atoms with E-state index < -0.39 is 17.9 Å². The first-order valence-corrected chi connectivity index (χ1v) is 7.03. The van der Waals surface area contributed by atoms with Crippen molar-refractivity contribution in [3.05, 3.63) is 35.9 Å². The largest absolute Gasteiger partial charge is 0.461 e. The molecule has 0 aromatic heterocycles. The number of benzene rings is 1. The lowest BCUT2D eigenvalue weighted by atomic mass is 9.91. The van der Waals surface area contributed by atoms with Crippen LogP contribution in [0.2, 0.25) is 0 Å². The van der Waals surface area contributed by atoms with Crippen LogP contribution in [-0.4, -0.2) is 23.0 Å². The number of esters is 1. The SMILES string of the molecule is CCC(=O)[C@@H]1C[C@@H](O)C[C@H]1C(=O)OCc1ccccc1. The van der Waals surface area contributed by atoms with Crippen LogP contribution in [0.25, 0.3) is 0 Å². The topological polar surface area (TPSA) is 63.6 Å². The van der Waals surface area contributed by atoms with Gasteiger partial charge in [0.05, 0.1) is 12.0 Å². The summed E-state index contributed by atoms with van der Waals surface area (Å²) in [6, 6.07) is 9.42. The minimum absolute atomic E-state index is 0.0308. The summed E-state index contributed by atoms with van der Waals surface area (Å²) >= 11 is 0. The van der Waals surface area contributed by atoms with E-state index in [-0.39, 0.29) is 18.4 Å². The standard InChI is InChI=1S/C16H20O4/c1-2-15(18)13-8-12(17)9-14(13)16(19)20-10-11-6-4-3-5-7-11/h3-7,12-14,17H,2,8-10H2,1H3/t12-,13-,14-/m1/s1. The summed E-state index contributed by atoms with van der Waals surface area (Å²) in [4.78, 5) is 23.9. The van der Waals surface area contributed by atoms with Crippen molar-refractivity contribution in [1.29, 1.82) is 0 Å². The van der Waals surface area contributed by atoms with Crippen LogP contribution >= 0.6 is 0 Å². The van der Waals surface area contributed by atoms with Crippen molar-refractivity contribution >= 4 is 11.8 Å². The lowest BCUT2D eigenvalue weighted by Crippen LogP contribution is -2.26. The first-order valence-electron chi connectivity index (χ1n) is 7.03. The van der Waals surface area contributed by atoms with Gasteiger partial charge in [0.2, 0.25) is 0 Å². The summed E-state index contributed by atoms with van der Waals surface area (Å²) in [5.74, 6) is -1.24. The van der Waals surface area contributed by atoms with E-state index in [9.17, 15) is 14.7 Å². The van der Waals surface area contributed by atoms with E-state index in [1.807, 2.05) is 30.3 Å². The summed E-state index contributed by atoms with van der Waals surface area (Å²) in [6.07, 6.45) is 0.506. The normalized spacial score (nSPS) is 25.4. The number of carbonyl (C=O) groups is 2. The Bertz CT molecular complexity index is 469. The number of aliphatic hydroxyl groups excluding tert-OH is 1. The molecule has 1 aliphatic rings. The van der Waals surface area contributed by atoms with Crippen molar-refractivity contribution in [2.45, 2.75) is 38.9 Å². The van der Waals surface area contributed by atoms with Gasteiger partial charge in [0.25, 0.3) is 0 Å². The molecule has 0 bridgehead atoms. The molecule has 3 atom stereocenters. The lowest BCUT2D eigenvalue weighted by molar-refractivity contribution is -0.153. The minimum Gasteiger partial charge on any atom is -0.461 e. The molecule has 0 radical (unpaired) electrons. The average molecular weight is 276 g/mol. The van der Waals surface area contributed by atoms with Gasteiger partial charge in [-0.2, -0.15) is 0 Å². The highest BCUT2D eigenvalue weighted by Gasteiger charge is 2.42. The number of ether oxygens (including phenoxy) is 1. The maximum absolute atomic E-state index is 12.1. The van der Waals surface area contributed by atoms with E-state index in [2.05, 4.69) is 0 Å². The number of ketones is 1. The molecule has 1 aliphatic carbocycles. The number of hydrogen-bond donors (Lipinski definition) is 1. The van der Waals surface area contributed by atoms with Gasteiger partial charge in [0.1, 0.15) is 12.4 Å². The Hall–Kier alpha value is -1.68. The molecule has 4 heteroatoms. The molecule has 108 valence electrons. The van der Waals surface area contributed by atoms with Crippen LogP contribution in [0.15, 0.2) is 30.3 Å². The van der Waals surface area contributed by atoms with Crippen LogP contribution in [-0.2, 0) is 20.9 Å². The zero-order chi connectivity index (χ0) is 14.5. The van der Waals surface area contributed by atoms with Crippen molar-refractivity contribution in [2.75, 3.05) is 0 Å². The monoisotopic (exact) mass is 276 g/mol. The molecule has 1 fully saturated rings. The number of hydrogen-bond acceptors (Lipinski definition) is 4. The second-order valence-electron chi connectivity index (χ2n) is 5.25. The van der Waals surface area contributed by atoms with Crippen LogP contribution in [0.1, 0.15) is 31.7 Å². The second kappa shape index (κ2) is 6.66. The summed E-state index contributed by atoms with van der Waals surface area (Å²) in [6.45, 7) is 1.98. The van der Waals surface area contributed by atoms with E-state index in [0.717, 1.165) is 5.56 Å². The molecule has 0 unspecified atom stereocenters. The molecule has 0 amide bonds. The molecule has 0 aliphatic heterocycles. The van der Waals surface area contributed by atoms with Gasteiger partial charge in [-0.1, -0.05) is 37.3 Å². The number of carbonyl (C=O) groups excluding carboxylic acids is 2. The molecule has 0 saturated heterocycles. The van der Waals surface area contributed by atoms with E-state index in [1.165, 1.54) is 0 Å². The second-order valence-corrected chi connectivity index (χ2v) is 5.25. The third kappa shape index (κ3) is 3.45. The summed E-state index contributed by atoms with van der Waals surface area (Å²) in [5.41, 5.74) is 0.915. The third-order valence-corrected chi connectivity index (χ3v) is 3.83. The summed E-state index contributed by atoms with van der Waals surface area (Å²) < 4.78 is 5.28. The molecule has 0 spiro atoms. The van der Waals surface area contributed by atoms with Crippen molar-refractivity contribution in [1.82, 2.24) is 0 Å². The lowest BCUT2D eigenvalue weighted by Gasteiger charge is -2.16. The molecule has 1 aromatic carbocycles. The fourth-order valence-corrected chi connectivity index (χ4v) is 2.73. The Morgan fingerprint density at radius 3 is 2.50 bits per heavy atom. The highest BCUT2D eigenvalue weighted by molar-refractivity contribution is 5.87. The molecular formula is C16H20O4. The maximum Gasteiger partial charge on any atom is 0.310 e. The van der Waals surface area contributed by atoms with Gasteiger partial charge >= 0.3 is 5.97 Å². The highest BCUT2D eigenvalue weighted by atomic mass is 16.5. The quantitative estimate of drug-likeness (QED) is 0.836. The Balaban J connectivity index is 1.95. The Kier molecular flexibility index (Phi) is 4.90. The van der Waals surface area contributed by atoms with Crippen LogP contribution in [0.5, 0.6) is 0 Å². The summed E-state index contributed by atoms with van der Waals surface area (Å²) in [5, 5.41) is 9.69. The highest BCUT2D eigenvalue weighted by Crippen LogP contribution is 2.34. The van der Waals surface area contributed by atoms with Crippen molar-refractivity contribution in [2.24, 2.45) is 11.8 Å². The zero-order valence-corrected chi connectivity index (χ0v) is 11.6. The molecule has 0 heterocycles. The molecule has 1 N–H and O–H groups in total. The van der Waals surface area contributed by atoms with E-state index in [4.69, 9.17) is 4.74 Å². The average Bonchev–Trinajstić information content (AvgIpc) is 2.87. The van der Waals surface area contributed by atoms with Gasteiger partial charge in [-0.25, -0.2) is 0 Å². The predicted octanol–water partition coefficient (Wildman–Crippen LogP) is 2.10. The van der Waals surface area contributed by atoms with Gasteiger partial charge in [-0.15, -0.1) is 0 Å². The van der Waals surface area contributed by atoms with Crippen molar-refractivity contribution in [3.8, 4) is 0 Å². The molecule has 1 aromatic rings. The van der Waals surface area contributed by atoms with Crippen LogP contribution in [0.4, 0.5) is 0 Å². The van der Waals surface area contributed by atoms with Gasteiger partial charge < -0.3 is 9.84 Å². The fourth-order valence-electron chi connectivity index (χ4n) is 2.73. The first kappa shape index (κ1) is 14.7. The van der Waals surface area contributed by atoms with Gasteiger partial charge in [-0.3, -0.25) is 9.59 Å². The number of rotatable bonds is 5. The first-order chi connectivity index (χ1) is 9.61. The van der Waals surface area contributed by atoms with E-state index in [0.29, 0.717) is 19.3 Å². The van der Waals surface area contributed by atoms with Gasteiger partial charge in [0, 0.05) is 12.3 Å². The zero-order valence-electron chi connectivity index (χ0n) is 11.6. The van der Waals surface area contributed by atoms with Crippen LogP contribution in [0, 0.1) is 11.8 Å². The van der Waals surface area contributed by atoms with Crippen molar-refractivity contribution in [3.63, 3.8) is 0 Å². The van der Waals surface area contributed by atoms with Crippen molar-refractivity contribution < 1.29 is 19.4 Å². The molecular weight excluding hydrogens is 256 g/mol.